The van der Waals surface area contributed by atoms with Crippen LogP contribution in [0.25, 0.3) is 11.3 Å². The van der Waals surface area contributed by atoms with E-state index in [0.29, 0.717) is 28.9 Å². The van der Waals surface area contributed by atoms with Crippen LogP contribution in [0.1, 0.15) is 6.92 Å². The molecule has 1 amide bonds. The number of para-hydroxylation sites is 2. The molecule has 4 rings (SSSR count). The van der Waals surface area contributed by atoms with Crippen molar-refractivity contribution in [3.63, 3.8) is 0 Å². The lowest BCUT2D eigenvalue weighted by molar-refractivity contribution is -0.113. The third-order valence-corrected chi connectivity index (χ3v) is 5.51. The van der Waals surface area contributed by atoms with E-state index < -0.39 is 0 Å². The molecule has 4 aromatic rings. The van der Waals surface area contributed by atoms with Crippen LogP contribution in [-0.2, 0) is 4.79 Å². The molecule has 0 saturated heterocycles. The number of methoxy groups -OCH3 is 1. The first-order valence-electron chi connectivity index (χ1n) is 9.86. The molecule has 0 spiro atoms. The summed E-state index contributed by atoms with van der Waals surface area (Å²) in [6, 6.07) is 14.4. The Labute approximate surface area is 188 Å². The number of hydrogen-bond donors (Lipinski definition) is 1. The van der Waals surface area contributed by atoms with E-state index in [1.807, 2.05) is 19.1 Å². The van der Waals surface area contributed by atoms with Gasteiger partial charge in [0.15, 0.2) is 5.16 Å². The maximum atomic E-state index is 12.9. The van der Waals surface area contributed by atoms with Crippen molar-refractivity contribution in [3.8, 4) is 17.2 Å². The first kappa shape index (κ1) is 21.4. The van der Waals surface area contributed by atoms with Crippen molar-refractivity contribution in [3.05, 3.63) is 71.3 Å². The van der Waals surface area contributed by atoms with Gasteiger partial charge in [0.25, 0.3) is 0 Å². The lowest BCUT2D eigenvalue weighted by atomic mass is 10.3. The van der Waals surface area contributed by atoms with E-state index in [1.54, 1.807) is 60.3 Å². The molecule has 0 bridgehead atoms. The van der Waals surface area contributed by atoms with Crippen LogP contribution in [0, 0.1) is 0 Å². The Morgan fingerprint density at radius 2 is 1.88 bits per heavy atom. The Bertz CT molecular complexity index is 1300. The van der Waals surface area contributed by atoms with Crippen LogP contribution < -0.4 is 20.3 Å². The topological polar surface area (TPSA) is 99.8 Å². The van der Waals surface area contributed by atoms with Crippen LogP contribution in [0.5, 0.6) is 11.5 Å². The molecule has 0 unspecified atom stereocenters. The molecule has 1 N–H and O–H groups in total. The Morgan fingerprint density at radius 3 is 2.62 bits per heavy atom. The summed E-state index contributed by atoms with van der Waals surface area (Å²) >= 11 is 1.19. The molecule has 0 radical (unpaired) electrons. The van der Waals surface area contributed by atoms with Gasteiger partial charge in [-0.1, -0.05) is 23.9 Å². The van der Waals surface area contributed by atoms with Crippen molar-refractivity contribution in [2.75, 3.05) is 24.8 Å². The molecular weight excluding hydrogens is 430 g/mol. The van der Waals surface area contributed by atoms with Crippen molar-refractivity contribution in [2.24, 2.45) is 0 Å². The second-order valence-electron chi connectivity index (χ2n) is 6.62. The Balaban J connectivity index is 1.48. The summed E-state index contributed by atoms with van der Waals surface area (Å²) in [5, 5.41) is 11.4. The number of thioether (sulfide) groups is 1. The number of benzene rings is 2. The normalized spacial score (nSPS) is 10.8. The zero-order valence-corrected chi connectivity index (χ0v) is 18.3. The highest BCUT2D eigenvalue weighted by atomic mass is 32.2. The summed E-state index contributed by atoms with van der Waals surface area (Å²) in [5.74, 6) is 1.23. The number of nitrogens with one attached hydrogen (secondary N) is 1. The van der Waals surface area contributed by atoms with Crippen molar-refractivity contribution in [1.29, 1.82) is 0 Å². The molecular formula is C22H21N5O4S. The summed E-state index contributed by atoms with van der Waals surface area (Å²) in [4.78, 5) is 25.3. The highest BCUT2D eigenvalue weighted by Gasteiger charge is 2.15. The third-order valence-electron chi connectivity index (χ3n) is 4.57. The number of hydrogen-bond acceptors (Lipinski definition) is 7. The van der Waals surface area contributed by atoms with Gasteiger partial charge < -0.3 is 14.8 Å². The van der Waals surface area contributed by atoms with Crippen LogP contribution in [0.2, 0.25) is 0 Å². The van der Waals surface area contributed by atoms with Gasteiger partial charge in [-0.2, -0.15) is 0 Å². The van der Waals surface area contributed by atoms with Crippen LogP contribution in [0.15, 0.2) is 70.9 Å². The zero-order chi connectivity index (χ0) is 22.5. The molecule has 2 aromatic heterocycles. The quantitative estimate of drug-likeness (QED) is 0.411. The highest BCUT2D eigenvalue weighted by molar-refractivity contribution is 7.99. The predicted octanol–water partition coefficient (Wildman–Crippen LogP) is 3.02. The molecule has 164 valence electrons. The van der Waals surface area contributed by atoms with Crippen LogP contribution in [0.4, 0.5) is 5.69 Å². The van der Waals surface area contributed by atoms with E-state index in [-0.39, 0.29) is 22.9 Å². The number of carbonyl (C=O) groups excluding carboxylic acids is 1. The fourth-order valence-electron chi connectivity index (χ4n) is 3.11. The maximum absolute atomic E-state index is 12.9. The standard InChI is InChI=1S/C22H21N5O4S/c1-3-31-16-10-8-15(9-11-16)23-19(28)14-32-22-25-24-20-21(29)26(12-13-27(20)22)17-6-4-5-7-18(17)30-2/h4-13H,3,14H2,1-2H3,(H,23,28). The SMILES string of the molecule is CCOc1ccc(NC(=O)CSc2nnc3c(=O)n(-c4ccccc4OC)ccn23)cc1. The van der Waals surface area contributed by atoms with Crippen molar-refractivity contribution < 1.29 is 14.3 Å². The van der Waals surface area contributed by atoms with E-state index in [4.69, 9.17) is 9.47 Å². The average Bonchev–Trinajstić information content (AvgIpc) is 3.23. The highest BCUT2D eigenvalue weighted by Crippen LogP contribution is 2.22. The number of aromatic nitrogens is 4. The summed E-state index contributed by atoms with van der Waals surface area (Å²) < 4.78 is 13.8. The van der Waals surface area contributed by atoms with Crippen LogP contribution in [-0.4, -0.2) is 44.5 Å². The van der Waals surface area contributed by atoms with E-state index in [2.05, 4.69) is 15.5 Å². The van der Waals surface area contributed by atoms with Crippen LogP contribution >= 0.6 is 11.8 Å². The molecule has 2 aromatic carbocycles. The summed E-state index contributed by atoms with van der Waals surface area (Å²) in [6.45, 7) is 2.49. The van der Waals surface area contributed by atoms with E-state index in [9.17, 15) is 9.59 Å². The van der Waals surface area contributed by atoms with Gasteiger partial charge in [-0.15, -0.1) is 10.2 Å². The van der Waals surface area contributed by atoms with E-state index in [0.717, 1.165) is 5.75 Å². The second kappa shape index (κ2) is 9.56. The van der Waals surface area contributed by atoms with Crippen molar-refractivity contribution in [2.45, 2.75) is 12.1 Å². The smallest absolute Gasteiger partial charge is 0.300 e. The summed E-state index contributed by atoms with van der Waals surface area (Å²) in [6.07, 6.45) is 3.32. The number of amides is 1. The van der Waals surface area contributed by atoms with Gasteiger partial charge in [-0.25, -0.2) is 0 Å². The van der Waals surface area contributed by atoms with Gasteiger partial charge in [0.2, 0.25) is 11.6 Å². The van der Waals surface area contributed by atoms with Gasteiger partial charge in [0, 0.05) is 18.1 Å². The van der Waals surface area contributed by atoms with Gasteiger partial charge in [-0.05, 0) is 43.3 Å². The van der Waals surface area contributed by atoms with Crippen LogP contribution in [0.3, 0.4) is 0 Å². The molecule has 32 heavy (non-hydrogen) atoms. The minimum Gasteiger partial charge on any atom is -0.495 e. The Kier molecular flexibility index (Phi) is 6.41. The maximum Gasteiger partial charge on any atom is 0.300 e. The van der Waals surface area contributed by atoms with Crippen molar-refractivity contribution >= 4 is 29.0 Å². The molecule has 0 aliphatic heterocycles. The molecule has 2 heterocycles. The molecule has 0 atom stereocenters. The fourth-order valence-corrected chi connectivity index (χ4v) is 3.83. The monoisotopic (exact) mass is 451 g/mol. The molecule has 9 nitrogen and oxygen atoms in total. The largest absolute Gasteiger partial charge is 0.495 e. The lowest BCUT2D eigenvalue weighted by Gasteiger charge is -2.10. The molecule has 0 aliphatic carbocycles. The second-order valence-corrected chi connectivity index (χ2v) is 7.56. The first-order valence-corrected chi connectivity index (χ1v) is 10.8. The summed E-state index contributed by atoms with van der Waals surface area (Å²) in [5.41, 5.74) is 1.10. The van der Waals surface area contributed by atoms with Gasteiger partial charge >= 0.3 is 5.56 Å². The molecule has 10 heteroatoms. The minimum atomic E-state index is -0.338. The Hall–Kier alpha value is -3.79. The van der Waals surface area contributed by atoms with Crippen molar-refractivity contribution in [1.82, 2.24) is 19.2 Å². The van der Waals surface area contributed by atoms with Gasteiger partial charge in [0.1, 0.15) is 11.5 Å². The first-order chi connectivity index (χ1) is 15.6. The molecule has 0 saturated carbocycles. The fraction of sp³-hybridized carbons (Fsp3) is 0.182. The number of carbonyl (C=O) groups is 1. The van der Waals surface area contributed by atoms with E-state index in [1.165, 1.54) is 16.3 Å². The number of rotatable bonds is 8. The molecule has 0 aliphatic rings. The average molecular weight is 452 g/mol. The number of fused-ring (bicyclic) bond motifs is 1. The number of anilines is 1. The minimum absolute atomic E-state index is 0.115. The third kappa shape index (κ3) is 4.45. The van der Waals surface area contributed by atoms with Gasteiger partial charge in [0.05, 0.1) is 25.2 Å². The zero-order valence-electron chi connectivity index (χ0n) is 17.5. The summed E-state index contributed by atoms with van der Waals surface area (Å²) in [7, 11) is 1.55. The van der Waals surface area contributed by atoms with Gasteiger partial charge in [-0.3, -0.25) is 18.6 Å². The Morgan fingerprint density at radius 1 is 1.09 bits per heavy atom. The predicted molar refractivity (Wildman–Crippen MR) is 122 cm³/mol. The molecule has 0 fully saturated rings. The van der Waals surface area contributed by atoms with E-state index >= 15 is 0 Å². The number of nitrogens with zero attached hydrogens (tertiary/aromatic N) is 4. The lowest BCUT2D eigenvalue weighted by Crippen LogP contribution is -2.20. The number of ether oxygens (including phenoxy) is 2.